The predicted molar refractivity (Wildman–Crippen MR) is 114 cm³/mol. The highest BCUT2D eigenvalue weighted by Gasteiger charge is 2.14. The molecule has 0 saturated heterocycles. The van der Waals surface area contributed by atoms with Crippen LogP contribution in [0.5, 0.6) is 0 Å². The average Bonchev–Trinajstić information content (AvgIpc) is 3.06. The Bertz CT molecular complexity index is 976. The van der Waals surface area contributed by atoms with Crippen LogP contribution in [0.4, 0.5) is 5.69 Å². The van der Waals surface area contributed by atoms with E-state index in [0.717, 1.165) is 5.56 Å². The number of hydrogen-bond acceptors (Lipinski definition) is 5. The molecule has 0 unspecified atom stereocenters. The van der Waals surface area contributed by atoms with Gasteiger partial charge < -0.3 is 15.2 Å². The Morgan fingerprint density at radius 3 is 2.48 bits per heavy atom. The van der Waals surface area contributed by atoms with Crippen molar-refractivity contribution in [2.45, 2.75) is 18.1 Å². The summed E-state index contributed by atoms with van der Waals surface area (Å²) in [5, 5.41) is 15.0. The van der Waals surface area contributed by atoms with Gasteiger partial charge in [-0.15, -0.1) is 10.2 Å². The van der Waals surface area contributed by atoms with Gasteiger partial charge in [0.1, 0.15) is 5.82 Å². The quantitative estimate of drug-likeness (QED) is 0.537. The molecule has 2 amide bonds. The third kappa shape index (κ3) is 6.33. The second-order valence-electron chi connectivity index (χ2n) is 6.24. The monoisotopic (exact) mass is 429 g/mol. The zero-order valence-electron chi connectivity index (χ0n) is 15.8. The van der Waals surface area contributed by atoms with Crippen LogP contribution in [-0.2, 0) is 29.6 Å². The highest BCUT2D eigenvalue weighted by Crippen LogP contribution is 2.17. The number of aromatic nitrogens is 3. The molecule has 0 radical (unpaired) electrons. The number of carbonyl (C=O) groups is 2. The van der Waals surface area contributed by atoms with E-state index in [9.17, 15) is 9.59 Å². The molecule has 9 heteroatoms. The molecule has 0 spiro atoms. The van der Waals surface area contributed by atoms with Crippen LogP contribution in [0.2, 0.25) is 5.02 Å². The summed E-state index contributed by atoms with van der Waals surface area (Å²) >= 11 is 7.11. The molecular weight excluding hydrogens is 410 g/mol. The first-order valence-corrected chi connectivity index (χ1v) is 10.2. The standard InChI is InChI=1S/C20H20ClN5O2S/c1-26-17(11-18(27)23-16-9-7-15(21)8-10-16)24-25-20(26)29-13-19(28)22-12-14-5-3-2-4-6-14/h2-10H,11-13H2,1H3,(H,22,28)(H,23,27). The molecule has 2 aromatic carbocycles. The fraction of sp³-hybridized carbons (Fsp3) is 0.200. The van der Waals surface area contributed by atoms with Gasteiger partial charge in [-0.05, 0) is 29.8 Å². The van der Waals surface area contributed by atoms with E-state index in [-0.39, 0.29) is 24.0 Å². The first kappa shape index (κ1) is 20.9. The first-order chi connectivity index (χ1) is 14.0. The van der Waals surface area contributed by atoms with Crippen molar-refractivity contribution in [2.24, 2.45) is 7.05 Å². The lowest BCUT2D eigenvalue weighted by molar-refractivity contribution is -0.118. The summed E-state index contributed by atoms with van der Waals surface area (Å²) < 4.78 is 1.72. The molecule has 0 aliphatic rings. The van der Waals surface area contributed by atoms with Crippen molar-refractivity contribution >= 4 is 40.9 Å². The SMILES string of the molecule is Cn1c(CC(=O)Nc2ccc(Cl)cc2)nnc1SCC(=O)NCc1ccccc1. The van der Waals surface area contributed by atoms with E-state index >= 15 is 0 Å². The Labute approximate surface area is 177 Å². The van der Waals surface area contributed by atoms with Crippen molar-refractivity contribution in [1.82, 2.24) is 20.1 Å². The van der Waals surface area contributed by atoms with Gasteiger partial charge in [0.15, 0.2) is 5.16 Å². The molecule has 7 nitrogen and oxygen atoms in total. The van der Waals surface area contributed by atoms with E-state index in [0.29, 0.717) is 28.2 Å². The fourth-order valence-corrected chi connectivity index (χ4v) is 3.37. The zero-order valence-corrected chi connectivity index (χ0v) is 17.3. The topological polar surface area (TPSA) is 88.9 Å². The number of carbonyl (C=O) groups excluding carboxylic acids is 2. The number of anilines is 1. The van der Waals surface area contributed by atoms with Crippen LogP contribution in [-0.4, -0.2) is 32.3 Å². The summed E-state index contributed by atoms with van der Waals surface area (Å²) in [6, 6.07) is 16.6. The Morgan fingerprint density at radius 1 is 1.03 bits per heavy atom. The van der Waals surface area contributed by atoms with Gasteiger partial charge in [0.25, 0.3) is 0 Å². The summed E-state index contributed by atoms with van der Waals surface area (Å²) in [5.74, 6) is 0.433. The van der Waals surface area contributed by atoms with E-state index in [4.69, 9.17) is 11.6 Å². The first-order valence-electron chi connectivity index (χ1n) is 8.88. The summed E-state index contributed by atoms with van der Waals surface area (Å²) in [5.41, 5.74) is 1.70. The summed E-state index contributed by atoms with van der Waals surface area (Å²) in [6.45, 7) is 0.481. The molecule has 29 heavy (non-hydrogen) atoms. The second-order valence-corrected chi connectivity index (χ2v) is 7.62. The number of halogens is 1. The van der Waals surface area contributed by atoms with Gasteiger partial charge in [0.05, 0.1) is 12.2 Å². The van der Waals surface area contributed by atoms with E-state index in [1.54, 1.807) is 35.9 Å². The van der Waals surface area contributed by atoms with Crippen molar-refractivity contribution in [1.29, 1.82) is 0 Å². The van der Waals surface area contributed by atoms with Crippen molar-refractivity contribution in [2.75, 3.05) is 11.1 Å². The van der Waals surface area contributed by atoms with E-state index < -0.39 is 0 Å². The predicted octanol–water partition coefficient (Wildman–Crippen LogP) is 3.06. The molecule has 3 aromatic rings. The number of rotatable bonds is 8. The van der Waals surface area contributed by atoms with Gasteiger partial charge in [-0.25, -0.2) is 0 Å². The van der Waals surface area contributed by atoms with Crippen LogP contribution >= 0.6 is 23.4 Å². The number of nitrogens with zero attached hydrogens (tertiary/aromatic N) is 3. The van der Waals surface area contributed by atoms with Gasteiger partial charge in [0.2, 0.25) is 11.8 Å². The molecule has 0 bridgehead atoms. The minimum Gasteiger partial charge on any atom is -0.351 e. The molecule has 0 aliphatic heterocycles. The lowest BCUT2D eigenvalue weighted by Gasteiger charge is -2.07. The molecule has 0 saturated carbocycles. The van der Waals surface area contributed by atoms with Gasteiger partial charge >= 0.3 is 0 Å². The Morgan fingerprint density at radius 2 is 1.76 bits per heavy atom. The molecule has 0 fully saturated rings. The van der Waals surface area contributed by atoms with Crippen molar-refractivity contribution < 1.29 is 9.59 Å². The van der Waals surface area contributed by atoms with Gasteiger partial charge in [-0.2, -0.15) is 0 Å². The van der Waals surface area contributed by atoms with Crippen LogP contribution < -0.4 is 10.6 Å². The lowest BCUT2D eigenvalue weighted by atomic mass is 10.2. The molecule has 0 aliphatic carbocycles. The summed E-state index contributed by atoms with van der Waals surface area (Å²) in [6.07, 6.45) is 0.0763. The van der Waals surface area contributed by atoms with Crippen molar-refractivity contribution in [3.05, 3.63) is 71.0 Å². The Kier molecular flexibility index (Phi) is 7.26. The molecule has 0 atom stereocenters. The highest BCUT2D eigenvalue weighted by atomic mass is 35.5. The van der Waals surface area contributed by atoms with Crippen LogP contribution in [0, 0.1) is 0 Å². The van der Waals surface area contributed by atoms with Gasteiger partial charge in [-0.1, -0.05) is 53.7 Å². The number of benzene rings is 2. The Balaban J connectivity index is 1.47. The van der Waals surface area contributed by atoms with E-state index in [1.165, 1.54) is 11.8 Å². The zero-order chi connectivity index (χ0) is 20.6. The molecule has 1 heterocycles. The maximum Gasteiger partial charge on any atom is 0.232 e. The summed E-state index contributed by atoms with van der Waals surface area (Å²) in [4.78, 5) is 24.3. The van der Waals surface area contributed by atoms with Crippen LogP contribution in [0.3, 0.4) is 0 Å². The number of amides is 2. The van der Waals surface area contributed by atoms with Crippen molar-refractivity contribution in [3.8, 4) is 0 Å². The van der Waals surface area contributed by atoms with E-state index in [2.05, 4.69) is 20.8 Å². The van der Waals surface area contributed by atoms with Gasteiger partial charge in [-0.3, -0.25) is 9.59 Å². The fourth-order valence-electron chi connectivity index (χ4n) is 2.48. The van der Waals surface area contributed by atoms with Crippen molar-refractivity contribution in [3.63, 3.8) is 0 Å². The Hall–Kier alpha value is -2.84. The van der Waals surface area contributed by atoms with Crippen LogP contribution in [0.1, 0.15) is 11.4 Å². The average molecular weight is 430 g/mol. The second kappa shape index (κ2) is 10.1. The lowest BCUT2D eigenvalue weighted by Crippen LogP contribution is -2.24. The maximum atomic E-state index is 12.2. The minimum atomic E-state index is -0.208. The van der Waals surface area contributed by atoms with Crippen LogP contribution in [0.25, 0.3) is 0 Å². The molecule has 3 rings (SSSR count). The number of thioether (sulfide) groups is 1. The van der Waals surface area contributed by atoms with Gasteiger partial charge in [0, 0.05) is 24.3 Å². The van der Waals surface area contributed by atoms with E-state index in [1.807, 2.05) is 30.3 Å². The highest BCUT2D eigenvalue weighted by molar-refractivity contribution is 7.99. The maximum absolute atomic E-state index is 12.2. The molecule has 2 N–H and O–H groups in total. The largest absolute Gasteiger partial charge is 0.351 e. The minimum absolute atomic E-state index is 0.0763. The molecular formula is C20H20ClN5O2S. The normalized spacial score (nSPS) is 10.6. The molecule has 1 aromatic heterocycles. The third-order valence-electron chi connectivity index (χ3n) is 4.04. The molecule has 150 valence electrons. The number of hydrogen-bond donors (Lipinski definition) is 2. The summed E-state index contributed by atoms with van der Waals surface area (Å²) in [7, 11) is 1.77. The third-order valence-corrected chi connectivity index (χ3v) is 5.31. The smallest absolute Gasteiger partial charge is 0.232 e. The van der Waals surface area contributed by atoms with Crippen LogP contribution in [0.15, 0.2) is 59.8 Å². The number of nitrogens with one attached hydrogen (secondary N) is 2.